The number of amides is 1. The molecule has 10 heteroatoms. The number of halogens is 1. The highest BCUT2D eigenvalue weighted by Gasteiger charge is 2.14. The van der Waals surface area contributed by atoms with Crippen molar-refractivity contribution in [1.29, 1.82) is 0 Å². The highest BCUT2D eigenvalue weighted by molar-refractivity contribution is 6.30. The molecular weight excluding hydrogens is 324 g/mol. The van der Waals surface area contributed by atoms with Gasteiger partial charge in [-0.05, 0) is 24.6 Å². The average molecular weight is 337 g/mol. The summed E-state index contributed by atoms with van der Waals surface area (Å²) in [7, 11) is 0. The lowest BCUT2D eigenvalue weighted by Gasteiger charge is -2.11. The van der Waals surface area contributed by atoms with E-state index in [1.54, 1.807) is 24.3 Å². The average Bonchev–Trinajstić information content (AvgIpc) is 2.51. The van der Waals surface area contributed by atoms with Crippen molar-refractivity contribution in [3.63, 3.8) is 0 Å². The summed E-state index contributed by atoms with van der Waals surface area (Å²) in [6, 6.07) is 6.08. The molecule has 1 aromatic carbocycles. The van der Waals surface area contributed by atoms with E-state index in [4.69, 9.17) is 11.6 Å². The number of hydrogen-bond acceptors (Lipinski definition) is 6. The van der Waals surface area contributed by atoms with Gasteiger partial charge in [-0.2, -0.15) is 5.10 Å². The lowest BCUT2D eigenvalue weighted by Crippen LogP contribution is -2.38. The van der Waals surface area contributed by atoms with Crippen LogP contribution in [0.4, 0.5) is 5.82 Å². The van der Waals surface area contributed by atoms with Crippen molar-refractivity contribution in [2.45, 2.75) is 13.0 Å². The summed E-state index contributed by atoms with van der Waals surface area (Å²) in [6.45, 7) is 1.51. The molecule has 1 atom stereocenters. The van der Waals surface area contributed by atoms with Gasteiger partial charge in [0.25, 0.3) is 11.5 Å². The maximum atomic E-state index is 11.8. The van der Waals surface area contributed by atoms with Gasteiger partial charge >= 0.3 is 5.69 Å². The second-order valence-corrected chi connectivity index (χ2v) is 4.94. The number of carbonyl (C=O) groups excluding carboxylic acids is 1. The summed E-state index contributed by atoms with van der Waals surface area (Å²) in [6.07, 6.45) is 1.45. The zero-order valence-electron chi connectivity index (χ0n) is 12.0. The fourth-order valence-electron chi connectivity index (χ4n) is 1.53. The number of nitrogens with one attached hydrogen (secondary N) is 4. The number of carbonyl (C=O) groups is 1. The Morgan fingerprint density at radius 2 is 2.04 bits per heavy atom. The molecule has 1 aromatic heterocycles. The first-order valence-electron chi connectivity index (χ1n) is 6.50. The van der Waals surface area contributed by atoms with Gasteiger partial charge in [0.1, 0.15) is 6.04 Å². The van der Waals surface area contributed by atoms with Gasteiger partial charge in [0, 0.05) is 5.02 Å². The number of aromatic nitrogens is 3. The minimum Gasteiger partial charge on any atom is -0.353 e. The Bertz CT molecular complexity index is 827. The molecule has 0 fully saturated rings. The predicted molar refractivity (Wildman–Crippen MR) is 85.8 cm³/mol. The molecule has 0 saturated carbocycles. The summed E-state index contributed by atoms with van der Waals surface area (Å²) in [4.78, 5) is 36.1. The molecule has 23 heavy (non-hydrogen) atoms. The van der Waals surface area contributed by atoms with Gasteiger partial charge in [0.2, 0.25) is 5.82 Å². The van der Waals surface area contributed by atoms with Crippen molar-refractivity contribution in [2.24, 2.45) is 5.10 Å². The van der Waals surface area contributed by atoms with Crippen LogP contribution in [-0.2, 0) is 4.79 Å². The van der Waals surface area contributed by atoms with Crippen LogP contribution in [-0.4, -0.2) is 33.3 Å². The molecule has 9 nitrogen and oxygen atoms in total. The number of H-pyrrole nitrogens is 2. The second-order valence-electron chi connectivity index (χ2n) is 4.51. The van der Waals surface area contributed by atoms with Gasteiger partial charge in [-0.1, -0.05) is 23.7 Å². The minimum atomic E-state index is -0.795. The van der Waals surface area contributed by atoms with Crippen molar-refractivity contribution in [1.82, 2.24) is 20.6 Å². The topological polar surface area (TPSA) is 132 Å². The Hall–Kier alpha value is -2.94. The molecule has 2 rings (SSSR count). The molecule has 0 aliphatic rings. The molecular formula is C13H13ClN6O3. The van der Waals surface area contributed by atoms with E-state index in [2.05, 4.69) is 26.0 Å². The van der Waals surface area contributed by atoms with Gasteiger partial charge in [-0.3, -0.25) is 14.6 Å². The number of nitrogens with zero attached hydrogens (tertiary/aromatic N) is 2. The van der Waals surface area contributed by atoms with Gasteiger partial charge in [0.15, 0.2) is 0 Å². The molecule has 1 unspecified atom stereocenters. The second kappa shape index (κ2) is 7.36. The summed E-state index contributed by atoms with van der Waals surface area (Å²) in [5, 5.41) is 12.5. The van der Waals surface area contributed by atoms with E-state index < -0.39 is 23.2 Å². The van der Waals surface area contributed by atoms with Crippen molar-refractivity contribution in [3.05, 3.63) is 55.7 Å². The molecule has 0 radical (unpaired) electrons. The molecule has 0 aliphatic heterocycles. The van der Waals surface area contributed by atoms with E-state index in [1.807, 2.05) is 4.98 Å². The van der Waals surface area contributed by atoms with E-state index in [1.165, 1.54) is 13.1 Å². The summed E-state index contributed by atoms with van der Waals surface area (Å²) in [5.41, 5.74) is 1.62. The Morgan fingerprint density at radius 3 is 2.70 bits per heavy atom. The first-order valence-corrected chi connectivity index (χ1v) is 6.87. The van der Waals surface area contributed by atoms with Crippen LogP contribution in [0.1, 0.15) is 12.5 Å². The van der Waals surface area contributed by atoms with Crippen molar-refractivity contribution in [2.75, 3.05) is 5.32 Å². The number of benzene rings is 1. The lowest BCUT2D eigenvalue weighted by molar-refractivity contribution is -0.121. The molecule has 120 valence electrons. The Labute approximate surface area is 134 Å². The van der Waals surface area contributed by atoms with Crippen LogP contribution in [0.5, 0.6) is 0 Å². The summed E-state index contributed by atoms with van der Waals surface area (Å²) in [5.74, 6) is -0.656. The molecule has 1 amide bonds. The highest BCUT2D eigenvalue weighted by atomic mass is 35.5. The molecule has 0 spiro atoms. The van der Waals surface area contributed by atoms with Crippen molar-refractivity contribution in [3.8, 4) is 0 Å². The molecule has 4 N–H and O–H groups in total. The van der Waals surface area contributed by atoms with E-state index in [-0.39, 0.29) is 5.82 Å². The van der Waals surface area contributed by atoms with Crippen molar-refractivity contribution >= 4 is 29.5 Å². The van der Waals surface area contributed by atoms with E-state index in [0.717, 1.165) is 5.56 Å². The Balaban J connectivity index is 1.93. The van der Waals surface area contributed by atoms with Crippen LogP contribution in [0.3, 0.4) is 0 Å². The third-order valence-corrected chi connectivity index (χ3v) is 2.97. The summed E-state index contributed by atoms with van der Waals surface area (Å²) < 4.78 is 0. The highest BCUT2D eigenvalue weighted by Crippen LogP contribution is 2.07. The van der Waals surface area contributed by atoms with Crippen LogP contribution in [0.25, 0.3) is 0 Å². The van der Waals surface area contributed by atoms with Crippen LogP contribution in [0, 0.1) is 0 Å². The molecule has 0 bridgehead atoms. The normalized spacial score (nSPS) is 12.1. The number of anilines is 1. The maximum absolute atomic E-state index is 11.8. The number of aromatic amines is 2. The van der Waals surface area contributed by atoms with Crippen LogP contribution in [0.2, 0.25) is 5.02 Å². The monoisotopic (exact) mass is 336 g/mol. The SMILES string of the molecule is CC(Nc1n[nH]c(=O)[nH]c1=O)C(=O)NN=Cc1ccc(Cl)cc1. The summed E-state index contributed by atoms with van der Waals surface area (Å²) >= 11 is 5.76. The fourth-order valence-corrected chi connectivity index (χ4v) is 1.66. The molecule has 1 heterocycles. The Kier molecular flexibility index (Phi) is 5.26. The number of rotatable bonds is 5. The number of hydrogen-bond donors (Lipinski definition) is 4. The quantitative estimate of drug-likeness (QED) is 0.453. The molecule has 2 aromatic rings. The van der Waals surface area contributed by atoms with Gasteiger partial charge in [-0.15, -0.1) is 5.10 Å². The number of hydrazone groups is 1. The molecule has 0 aliphatic carbocycles. The van der Waals surface area contributed by atoms with Crippen molar-refractivity contribution < 1.29 is 4.79 Å². The first-order chi connectivity index (χ1) is 11.0. The standard InChI is InChI=1S/C13H13ClN6O3/c1-7(16-10-12(22)17-13(23)20-18-10)11(21)19-15-6-8-2-4-9(14)5-3-8/h2-7H,1H3,(H,16,18)(H,19,21)(H2,17,20,22,23). The van der Waals surface area contributed by atoms with Crippen LogP contribution < -0.4 is 22.0 Å². The first kappa shape index (κ1) is 16.4. The zero-order chi connectivity index (χ0) is 16.8. The third kappa shape index (κ3) is 4.78. The third-order valence-electron chi connectivity index (χ3n) is 2.72. The Morgan fingerprint density at radius 1 is 1.35 bits per heavy atom. The smallest absolute Gasteiger partial charge is 0.342 e. The maximum Gasteiger partial charge on any atom is 0.342 e. The fraction of sp³-hybridized carbons (Fsp3) is 0.154. The minimum absolute atomic E-state index is 0.172. The van der Waals surface area contributed by atoms with Crippen LogP contribution >= 0.6 is 11.6 Å². The van der Waals surface area contributed by atoms with Crippen LogP contribution in [0.15, 0.2) is 39.0 Å². The van der Waals surface area contributed by atoms with Gasteiger partial charge < -0.3 is 5.32 Å². The zero-order valence-corrected chi connectivity index (χ0v) is 12.7. The molecule has 0 saturated heterocycles. The van der Waals surface area contributed by atoms with E-state index >= 15 is 0 Å². The largest absolute Gasteiger partial charge is 0.353 e. The predicted octanol–water partition coefficient (Wildman–Crippen LogP) is 0.0623. The van der Waals surface area contributed by atoms with E-state index in [9.17, 15) is 14.4 Å². The lowest BCUT2D eigenvalue weighted by atomic mass is 10.2. The van der Waals surface area contributed by atoms with Gasteiger partial charge in [0.05, 0.1) is 6.21 Å². The van der Waals surface area contributed by atoms with Gasteiger partial charge in [-0.25, -0.2) is 15.3 Å². The van der Waals surface area contributed by atoms with E-state index in [0.29, 0.717) is 5.02 Å².